The van der Waals surface area contributed by atoms with E-state index in [1.807, 2.05) is 75.5 Å². The number of thiophene rings is 1. The van der Waals surface area contributed by atoms with Gasteiger partial charge in [-0.2, -0.15) is 4.48 Å². The molecular weight excluding hydrogens is 526 g/mol. The van der Waals surface area contributed by atoms with Gasteiger partial charge in [0.2, 0.25) is 5.91 Å². The highest BCUT2D eigenvalue weighted by atomic mass is 32.1. The topological polar surface area (TPSA) is 101 Å². The number of nitrogens with one attached hydrogen (secondary N) is 2. The van der Waals surface area contributed by atoms with E-state index in [9.17, 15) is 14.4 Å². The van der Waals surface area contributed by atoms with Gasteiger partial charge in [-0.15, -0.1) is 11.3 Å². The Kier molecular flexibility index (Phi) is 6.52. The number of hydrogen-bond donors (Lipinski definition) is 2. The molecule has 40 heavy (non-hydrogen) atoms. The number of carbonyl (C=O) groups excluding carboxylic acids is 3. The number of anilines is 1. The molecule has 2 aromatic heterocycles. The molecule has 4 aromatic rings. The molecule has 1 fully saturated rings. The fourth-order valence-corrected chi connectivity index (χ4v) is 6.65. The summed E-state index contributed by atoms with van der Waals surface area (Å²) in [7, 11) is 1.85. The molecule has 204 valence electrons. The average Bonchev–Trinajstić information content (AvgIpc) is 3.57. The van der Waals surface area contributed by atoms with Crippen molar-refractivity contribution in [3.05, 3.63) is 71.2 Å². The number of amides is 4. The first-order valence-corrected chi connectivity index (χ1v) is 14.1. The molecule has 2 aliphatic rings. The number of para-hydroxylation sites is 1. The molecule has 1 saturated heterocycles. The van der Waals surface area contributed by atoms with E-state index in [0.29, 0.717) is 47.1 Å². The second-order valence-electron chi connectivity index (χ2n) is 10.3. The number of hydrogen-bond acceptors (Lipinski definition) is 6. The summed E-state index contributed by atoms with van der Waals surface area (Å²) < 4.78 is 5.88. The first-order valence-electron chi connectivity index (χ1n) is 13.3. The summed E-state index contributed by atoms with van der Waals surface area (Å²) in [4.78, 5) is 46.7. The van der Waals surface area contributed by atoms with Crippen molar-refractivity contribution in [2.75, 3.05) is 25.5 Å². The minimum atomic E-state index is -0.270. The zero-order valence-corrected chi connectivity index (χ0v) is 23.4. The summed E-state index contributed by atoms with van der Waals surface area (Å²) >= 11 is 1.26. The van der Waals surface area contributed by atoms with Crippen LogP contribution in [-0.4, -0.2) is 53.9 Å². The SMILES string of the molecule is CCC(=O)N1CC[C@@H](NC(=O)c2sc3nccc4c3c2NC(=O)[N+]4(C)c2ccc(Oc3ccccc3)cc2C)C1. The lowest BCUT2D eigenvalue weighted by molar-refractivity contribution is -0.129. The highest BCUT2D eigenvalue weighted by Crippen LogP contribution is 2.49. The smallest absolute Gasteiger partial charge is 0.431 e. The summed E-state index contributed by atoms with van der Waals surface area (Å²) in [5.41, 5.74) is 2.92. The molecule has 4 heterocycles. The number of nitrogens with zero attached hydrogens (tertiary/aromatic N) is 3. The van der Waals surface area contributed by atoms with E-state index in [0.717, 1.165) is 28.1 Å². The van der Waals surface area contributed by atoms with Crippen molar-refractivity contribution in [1.82, 2.24) is 19.7 Å². The van der Waals surface area contributed by atoms with Crippen LogP contribution in [0.1, 0.15) is 35.0 Å². The molecule has 2 N–H and O–H groups in total. The normalized spacial score (nSPS) is 19.9. The molecule has 0 aliphatic carbocycles. The molecule has 2 aromatic carbocycles. The Bertz CT molecular complexity index is 1650. The highest BCUT2D eigenvalue weighted by Gasteiger charge is 2.46. The van der Waals surface area contributed by atoms with E-state index >= 15 is 0 Å². The van der Waals surface area contributed by atoms with Gasteiger partial charge in [-0.25, -0.2) is 9.78 Å². The predicted molar refractivity (Wildman–Crippen MR) is 156 cm³/mol. The highest BCUT2D eigenvalue weighted by molar-refractivity contribution is 7.21. The maximum absolute atomic E-state index is 13.9. The summed E-state index contributed by atoms with van der Waals surface area (Å²) in [6.07, 6.45) is 2.83. The van der Waals surface area contributed by atoms with Crippen LogP contribution in [-0.2, 0) is 4.79 Å². The maximum Gasteiger partial charge on any atom is 0.431 e. The summed E-state index contributed by atoms with van der Waals surface area (Å²) in [6.45, 7) is 4.92. The van der Waals surface area contributed by atoms with Crippen molar-refractivity contribution in [2.45, 2.75) is 32.7 Å². The number of pyridine rings is 1. The minimum Gasteiger partial charge on any atom is -0.457 e. The van der Waals surface area contributed by atoms with E-state index in [-0.39, 0.29) is 28.4 Å². The fraction of sp³-hybridized carbons (Fsp3) is 0.267. The van der Waals surface area contributed by atoms with Gasteiger partial charge >= 0.3 is 6.03 Å². The summed E-state index contributed by atoms with van der Waals surface area (Å²) in [5.74, 6) is 1.23. The lowest BCUT2D eigenvalue weighted by Gasteiger charge is -2.35. The number of ether oxygens (including phenoxy) is 1. The van der Waals surface area contributed by atoms with Crippen molar-refractivity contribution in [2.24, 2.45) is 0 Å². The Morgan fingerprint density at radius 3 is 2.70 bits per heavy atom. The van der Waals surface area contributed by atoms with E-state index in [1.54, 1.807) is 11.1 Å². The van der Waals surface area contributed by atoms with Gasteiger partial charge in [0, 0.05) is 49.4 Å². The Balaban J connectivity index is 1.33. The first kappa shape index (κ1) is 26.0. The molecule has 10 heteroatoms. The number of quaternary nitrogens is 1. The third-order valence-corrected chi connectivity index (χ3v) is 8.80. The maximum atomic E-state index is 13.9. The van der Waals surface area contributed by atoms with Gasteiger partial charge in [-0.1, -0.05) is 25.1 Å². The Hall–Kier alpha value is -4.28. The van der Waals surface area contributed by atoms with Crippen LogP contribution in [0, 0.1) is 6.92 Å². The predicted octanol–water partition coefficient (Wildman–Crippen LogP) is 5.95. The third kappa shape index (κ3) is 4.29. The van der Waals surface area contributed by atoms with E-state index in [4.69, 9.17) is 4.74 Å². The Morgan fingerprint density at radius 1 is 1.15 bits per heavy atom. The summed E-state index contributed by atoms with van der Waals surface area (Å²) in [6, 6.07) is 16.7. The standard InChI is InChI=1S/C30H29N5O4S/c1-4-24(36)34-15-13-19(17-34)32-28(37)27-26-25-23(12-14-31-29(25)40-27)35(3,30(38)33-26)22-11-10-21(16-18(22)2)39-20-8-6-5-7-9-20/h5-12,14,16,19H,4,13,15,17H2,1-3H3,(H-,32,33,37,38)/p+1/t19-,35?/m1/s1. The van der Waals surface area contributed by atoms with E-state index < -0.39 is 0 Å². The van der Waals surface area contributed by atoms with Crippen LogP contribution in [0.25, 0.3) is 10.2 Å². The van der Waals surface area contributed by atoms with Crippen LogP contribution in [0.5, 0.6) is 11.5 Å². The van der Waals surface area contributed by atoms with Crippen LogP contribution < -0.4 is 19.9 Å². The van der Waals surface area contributed by atoms with Crippen LogP contribution >= 0.6 is 11.3 Å². The lowest BCUT2D eigenvalue weighted by Crippen LogP contribution is -2.51. The number of benzene rings is 2. The number of likely N-dealkylation sites (tertiary alicyclic amines) is 1. The van der Waals surface area contributed by atoms with Crippen molar-refractivity contribution in [3.63, 3.8) is 0 Å². The second kappa shape index (κ2) is 10.0. The number of carbonyl (C=O) groups is 3. The van der Waals surface area contributed by atoms with Gasteiger partial charge in [0.15, 0.2) is 5.69 Å². The van der Waals surface area contributed by atoms with Gasteiger partial charge in [0.1, 0.15) is 26.9 Å². The number of rotatable bonds is 6. The molecule has 9 nitrogen and oxygen atoms in total. The fourth-order valence-electron chi connectivity index (χ4n) is 5.62. The summed E-state index contributed by atoms with van der Waals surface area (Å²) in [5, 5.41) is 6.86. The lowest BCUT2D eigenvalue weighted by atomic mass is 10.1. The number of aromatic nitrogens is 1. The van der Waals surface area contributed by atoms with Gasteiger partial charge < -0.3 is 15.0 Å². The van der Waals surface area contributed by atoms with Crippen molar-refractivity contribution in [3.8, 4) is 11.5 Å². The number of aryl methyl sites for hydroxylation is 1. The third-order valence-electron chi connectivity index (χ3n) is 7.70. The van der Waals surface area contributed by atoms with E-state index in [1.165, 1.54) is 11.3 Å². The van der Waals surface area contributed by atoms with Crippen LogP contribution in [0.4, 0.5) is 21.9 Å². The van der Waals surface area contributed by atoms with Crippen LogP contribution in [0.2, 0.25) is 0 Å². The van der Waals surface area contributed by atoms with Gasteiger partial charge in [-0.3, -0.25) is 14.9 Å². The average molecular weight is 557 g/mol. The molecule has 0 bridgehead atoms. The largest absolute Gasteiger partial charge is 0.457 e. The van der Waals surface area contributed by atoms with E-state index in [2.05, 4.69) is 15.6 Å². The molecule has 0 spiro atoms. The first-order chi connectivity index (χ1) is 19.3. The Morgan fingerprint density at radius 2 is 1.95 bits per heavy atom. The van der Waals surface area contributed by atoms with Crippen molar-refractivity contribution in [1.29, 1.82) is 0 Å². The van der Waals surface area contributed by atoms with Gasteiger partial charge in [-0.05, 0) is 37.6 Å². The number of urea groups is 1. The van der Waals surface area contributed by atoms with Crippen LogP contribution in [0.15, 0.2) is 60.8 Å². The molecular formula is C30H30N5O4S+. The molecule has 6 rings (SSSR count). The van der Waals surface area contributed by atoms with Gasteiger partial charge in [0.25, 0.3) is 5.91 Å². The van der Waals surface area contributed by atoms with Gasteiger partial charge in [0.05, 0.1) is 18.1 Å². The second-order valence-corrected chi connectivity index (χ2v) is 11.3. The quantitative estimate of drug-likeness (QED) is 0.286. The molecule has 0 radical (unpaired) electrons. The zero-order valence-electron chi connectivity index (χ0n) is 22.6. The van der Waals surface area contributed by atoms with Crippen molar-refractivity contribution < 1.29 is 19.1 Å². The monoisotopic (exact) mass is 556 g/mol. The molecule has 1 unspecified atom stereocenters. The minimum absolute atomic E-state index is 0.0850. The molecule has 2 atom stereocenters. The molecule has 4 amide bonds. The molecule has 2 aliphatic heterocycles. The Labute approximate surface area is 236 Å². The molecule has 0 saturated carbocycles. The zero-order chi connectivity index (χ0) is 28.0. The van der Waals surface area contributed by atoms with Crippen molar-refractivity contribution >= 4 is 56.5 Å². The van der Waals surface area contributed by atoms with Crippen LogP contribution in [0.3, 0.4) is 0 Å².